The second-order valence-electron chi connectivity index (χ2n) is 8.50. The van der Waals surface area contributed by atoms with E-state index >= 15 is 0 Å². The Morgan fingerprint density at radius 2 is 1.86 bits per heavy atom. The van der Waals surface area contributed by atoms with E-state index in [2.05, 4.69) is 19.9 Å². The highest BCUT2D eigenvalue weighted by atomic mass is 32.1. The van der Waals surface area contributed by atoms with Crippen LogP contribution >= 0.6 is 11.3 Å². The largest absolute Gasteiger partial charge is 0.480 e. The fraction of sp³-hybridized carbons (Fsp3) is 0.250. The number of carboxylic acid groups (broad SMARTS) is 1. The van der Waals surface area contributed by atoms with E-state index < -0.39 is 23.5 Å². The van der Waals surface area contributed by atoms with Crippen molar-refractivity contribution in [3.8, 4) is 22.4 Å². The van der Waals surface area contributed by atoms with Crippen molar-refractivity contribution >= 4 is 38.7 Å². The number of nitrogens with zero attached hydrogens (tertiary/aromatic N) is 5. The highest BCUT2D eigenvalue weighted by Crippen LogP contribution is 2.39. The van der Waals surface area contributed by atoms with Crippen molar-refractivity contribution in [2.75, 3.05) is 11.4 Å². The van der Waals surface area contributed by atoms with E-state index in [1.807, 2.05) is 37.3 Å². The molecule has 0 radical (unpaired) electrons. The lowest BCUT2D eigenvalue weighted by Crippen LogP contribution is -2.47. The van der Waals surface area contributed by atoms with Crippen LogP contribution in [-0.2, 0) is 10.2 Å². The number of aliphatic carboxylic acids is 1. The maximum Gasteiger partial charge on any atom is 0.321 e. The molecular formula is C24H25N7O3S. The van der Waals surface area contributed by atoms with E-state index in [0.29, 0.717) is 28.6 Å². The molecule has 11 heteroatoms. The number of aromatic nitrogens is 4. The molecule has 4 rings (SSSR count). The summed E-state index contributed by atoms with van der Waals surface area (Å²) in [5.74, 6) is -0.789. The quantitative estimate of drug-likeness (QED) is 0.354. The number of hydrogen-bond donors (Lipinski definition) is 3. The average Bonchev–Trinajstić information content (AvgIpc) is 3.27. The number of fused-ring (bicyclic) bond motifs is 1. The first-order valence-corrected chi connectivity index (χ1v) is 11.7. The summed E-state index contributed by atoms with van der Waals surface area (Å²) < 4.78 is 0.869. The van der Waals surface area contributed by atoms with Gasteiger partial charge in [0.1, 0.15) is 11.9 Å². The van der Waals surface area contributed by atoms with Crippen molar-refractivity contribution in [2.45, 2.75) is 32.2 Å². The third-order valence-electron chi connectivity index (χ3n) is 5.84. The second-order valence-corrected chi connectivity index (χ2v) is 9.48. The molecular weight excluding hydrogens is 466 g/mol. The van der Waals surface area contributed by atoms with Crippen molar-refractivity contribution in [3.63, 3.8) is 0 Å². The molecule has 3 aromatic heterocycles. The van der Waals surface area contributed by atoms with E-state index in [-0.39, 0.29) is 0 Å². The molecule has 1 aromatic carbocycles. The molecule has 2 amide bonds. The first kappa shape index (κ1) is 24.2. The lowest BCUT2D eigenvalue weighted by Gasteiger charge is -2.26. The van der Waals surface area contributed by atoms with Crippen LogP contribution in [0.2, 0.25) is 0 Å². The molecule has 5 N–H and O–H groups in total. The van der Waals surface area contributed by atoms with Crippen LogP contribution in [0.25, 0.3) is 32.6 Å². The normalized spacial score (nSPS) is 12.5. The molecule has 0 bridgehead atoms. The Morgan fingerprint density at radius 1 is 1.14 bits per heavy atom. The Morgan fingerprint density at radius 3 is 2.43 bits per heavy atom. The van der Waals surface area contributed by atoms with Crippen molar-refractivity contribution in [1.29, 1.82) is 0 Å². The number of primary amides is 1. The standard InChI is InChI=1S/C24H25N7O3S/c1-4-31(22(26)34)23-30-17-10-13(9-15(18(17)35-23)16-7-5-6-8-27-16)14-11-28-21(29-12-14)24(2,3)19(25)20(32)33/h5-12,19H,4,25H2,1-3H3,(H2,26,34)(H,32,33). The van der Waals surface area contributed by atoms with Crippen LogP contribution < -0.4 is 16.4 Å². The van der Waals surface area contributed by atoms with Crippen LogP contribution in [0.5, 0.6) is 0 Å². The lowest BCUT2D eigenvalue weighted by molar-refractivity contribution is -0.140. The topological polar surface area (TPSA) is 161 Å². The van der Waals surface area contributed by atoms with E-state index in [9.17, 15) is 14.7 Å². The predicted molar refractivity (Wildman–Crippen MR) is 135 cm³/mol. The van der Waals surface area contributed by atoms with Gasteiger partial charge >= 0.3 is 12.0 Å². The molecule has 0 saturated heterocycles. The maximum absolute atomic E-state index is 11.9. The molecule has 1 unspecified atom stereocenters. The molecule has 35 heavy (non-hydrogen) atoms. The molecule has 0 fully saturated rings. The number of nitrogens with two attached hydrogens (primary N) is 2. The van der Waals surface area contributed by atoms with Crippen LogP contribution in [0.3, 0.4) is 0 Å². The molecule has 0 saturated carbocycles. The molecule has 180 valence electrons. The fourth-order valence-corrected chi connectivity index (χ4v) is 4.80. The summed E-state index contributed by atoms with van der Waals surface area (Å²) in [6, 6.07) is 7.78. The predicted octanol–water partition coefficient (Wildman–Crippen LogP) is 3.41. The van der Waals surface area contributed by atoms with E-state index in [4.69, 9.17) is 11.5 Å². The van der Waals surface area contributed by atoms with Gasteiger partial charge in [0.25, 0.3) is 0 Å². The first-order chi connectivity index (χ1) is 16.6. The number of urea groups is 1. The summed E-state index contributed by atoms with van der Waals surface area (Å²) in [5.41, 5.74) is 14.2. The van der Waals surface area contributed by atoms with Crippen LogP contribution in [-0.4, -0.2) is 49.6 Å². The van der Waals surface area contributed by atoms with Gasteiger partial charge in [-0.25, -0.2) is 19.7 Å². The second kappa shape index (κ2) is 9.35. The number of carbonyl (C=O) groups is 2. The number of carbonyl (C=O) groups excluding carboxylic acids is 1. The zero-order valence-corrected chi connectivity index (χ0v) is 20.3. The third kappa shape index (κ3) is 4.55. The average molecular weight is 492 g/mol. The molecule has 10 nitrogen and oxygen atoms in total. The van der Waals surface area contributed by atoms with Crippen molar-refractivity contribution in [3.05, 3.63) is 54.7 Å². The molecule has 1 atom stereocenters. The van der Waals surface area contributed by atoms with Crippen LogP contribution in [0.1, 0.15) is 26.6 Å². The van der Waals surface area contributed by atoms with Gasteiger partial charge in [-0.05, 0) is 36.8 Å². The summed E-state index contributed by atoms with van der Waals surface area (Å²) in [7, 11) is 0. The summed E-state index contributed by atoms with van der Waals surface area (Å²) in [6.07, 6.45) is 4.98. The fourth-order valence-electron chi connectivity index (χ4n) is 3.66. The number of rotatable bonds is 7. The van der Waals surface area contributed by atoms with Gasteiger partial charge in [-0.2, -0.15) is 0 Å². The van der Waals surface area contributed by atoms with Crippen LogP contribution in [0.4, 0.5) is 9.93 Å². The minimum absolute atomic E-state index is 0.332. The summed E-state index contributed by atoms with van der Waals surface area (Å²) >= 11 is 1.37. The molecule has 4 aromatic rings. The van der Waals surface area contributed by atoms with Gasteiger partial charge in [0, 0.05) is 36.3 Å². The zero-order chi connectivity index (χ0) is 25.3. The van der Waals surface area contributed by atoms with Crippen LogP contribution in [0.15, 0.2) is 48.9 Å². The Bertz CT molecular complexity index is 1390. The van der Waals surface area contributed by atoms with Gasteiger partial charge in [0.2, 0.25) is 0 Å². The number of pyridine rings is 1. The highest BCUT2D eigenvalue weighted by molar-refractivity contribution is 7.23. The number of benzene rings is 1. The minimum Gasteiger partial charge on any atom is -0.480 e. The van der Waals surface area contributed by atoms with Crippen molar-refractivity contribution in [1.82, 2.24) is 19.9 Å². The monoisotopic (exact) mass is 491 g/mol. The third-order valence-corrected chi connectivity index (χ3v) is 6.97. The Labute approximate surface area is 205 Å². The number of anilines is 1. The van der Waals surface area contributed by atoms with E-state index in [1.165, 1.54) is 16.2 Å². The number of thiazole rings is 1. The maximum atomic E-state index is 11.9. The summed E-state index contributed by atoms with van der Waals surface area (Å²) in [5, 5.41) is 9.82. The SMILES string of the molecule is CCN(C(N)=O)c1nc2cc(-c3cnc(C(C)(C)C(N)C(=O)O)nc3)cc(-c3ccccn3)c2s1. The van der Waals surface area contributed by atoms with Crippen molar-refractivity contribution in [2.24, 2.45) is 11.5 Å². The lowest BCUT2D eigenvalue weighted by atomic mass is 9.84. The van der Waals surface area contributed by atoms with Gasteiger partial charge in [0.15, 0.2) is 5.13 Å². The van der Waals surface area contributed by atoms with Crippen LogP contribution in [0, 0.1) is 0 Å². The smallest absolute Gasteiger partial charge is 0.321 e. The van der Waals surface area contributed by atoms with Gasteiger partial charge < -0.3 is 16.6 Å². The van der Waals surface area contributed by atoms with E-state index in [1.54, 1.807) is 32.4 Å². The molecule has 3 heterocycles. The highest BCUT2D eigenvalue weighted by Gasteiger charge is 2.36. The zero-order valence-electron chi connectivity index (χ0n) is 19.5. The molecule has 0 aliphatic rings. The number of hydrogen-bond acceptors (Lipinski definition) is 8. The molecule has 0 aliphatic carbocycles. The Balaban J connectivity index is 1.84. The Kier molecular flexibility index (Phi) is 6.46. The van der Waals surface area contributed by atoms with Gasteiger partial charge in [-0.1, -0.05) is 31.3 Å². The number of amides is 2. The van der Waals surface area contributed by atoms with Gasteiger partial charge in [0.05, 0.1) is 21.3 Å². The number of carboxylic acids is 1. The van der Waals surface area contributed by atoms with Gasteiger partial charge in [-0.15, -0.1) is 0 Å². The van der Waals surface area contributed by atoms with Crippen molar-refractivity contribution < 1.29 is 14.7 Å². The van der Waals surface area contributed by atoms with E-state index in [0.717, 1.165) is 21.5 Å². The first-order valence-electron chi connectivity index (χ1n) is 10.9. The Hall–Kier alpha value is -3.96. The summed E-state index contributed by atoms with van der Waals surface area (Å²) in [6.45, 7) is 5.62. The minimum atomic E-state index is -1.15. The molecule has 0 aliphatic heterocycles. The molecule has 0 spiro atoms. The van der Waals surface area contributed by atoms with Gasteiger partial charge in [-0.3, -0.25) is 14.7 Å². The summed E-state index contributed by atoms with van der Waals surface area (Å²) in [4.78, 5) is 42.7.